The Morgan fingerprint density at radius 3 is 2.57 bits per heavy atom. The van der Waals surface area contributed by atoms with E-state index in [9.17, 15) is 0 Å². The predicted molar refractivity (Wildman–Crippen MR) is 82.0 cm³/mol. The monoisotopic (exact) mass is 281 g/mol. The lowest BCUT2D eigenvalue weighted by molar-refractivity contribution is 0.530. The Balaban J connectivity index is 1.62. The van der Waals surface area contributed by atoms with Crippen molar-refractivity contribution >= 4 is 0 Å². The Kier molecular flexibility index (Phi) is 3.83. The van der Waals surface area contributed by atoms with Gasteiger partial charge in [-0.2, -0.15) is 0 Å². The van der Waals surface area contributed by atoms with Crippen molar-refractivity contribution < 1.29 is 0 Å². The molecule has 0 aliphatic rings. The van der Waals surface area contributed by atoms with Gasteiger partial charge in [0.25, 0.3) is 0 Å². The zero-order valence-electron chi connectivity index (χ0n) is 12.3. The topological polar surface area (TPSA) is 47.7 Å². The van der Waals surface area contributed by atoms with E-state index in [1.165, 1.54) is 5.56 Å². The third kappa shape index (κ3) is 3.03. The fraction of sp³-hybridized carbons (Fsp3) is 0.250. The largest absolute Gasteiger partial charge is 0.337 e. The van der Waals surface area contributed by atoms with Crippen LogP contribution in [0.5, 0.6) is 0 Å². The molecule has 0 amide bonds. The van der Waals surface area contributed by atoms with Crippen molar-refractivity contribution in [1.82, 2.24) is 24.4 Å². The van der Waals surface area contributed by atoms with Crippen LogP contribution in [0.2, 0.25) is 0 Å². The fourth-order valence-corrected chi connectivity index (χ4v) is 2.35. The summed E-state index contributed by atoms with van der Waals surface area (Å²) in [7, 11) is 2.01. The summed E-state index contributed by atoms with van der Waals surface area (Å²) in [4.78, 5) is 8.42. The highest BCUT2D eigenvalue weighted by Gasteiger charge is 2.09. The molecule has 3 aromatic rings. The minimum atomic E-state index is 0.221. The number of aromatic nitrogens is 4. The first-order valence-electron chi connectivity index (χ1n) is 7.02. The highest BCUT2D eigenvalue weighted by atomic mass is 15.1. The van der Waals surface area contributed by atoms with Gasteiger partial charge in [-0.05, 0) is 24.6 Å². The van der Waals surface area contributed by atoms with Gasteiger partial charge in [0.2, 0.25) is 0 Å². The van der Waals surface area contributed by atoms with Crippen LogP contribution < -0.4 is 5.32 Å². The molecule has 3 rings (SSSR count). The molecule has 0 saturated heterocycles. The van der Waals surface area contributed by atoms with Crippen molar-refractivity contribution in [3.05, 3.63) is 66.8 Å². The minimum absolute atomic E-state index is 0.221. The second-order valence-corrected chi connectivity index (χ2v) is 5.14. The van der Waals surface area contributed by atoms with Gasteiger partial charge < -0.3 is 14.5 Å². The zero-order chi connectivity index (χ0) is 14.7. The van der Waals surface area contributed by atoms with Gasteiger partial charge in [0, 0.05) is 44.1 Å². The molecule has 108 valence electrons. The van der Waals surface area contributed by atoms with Crippen LogP contribution in [0.25, 0.3) is 5.69 Å². The number of hydrogen-bond donors (Lipinski definition) is 1. The van der Waals surface area contributed by atoms with Crippen LogP contribution in [0.4, 0.5) is 0 Å². The summed E-state index contributed by atoms with van der Waals surface area (Å²) >= 11 is 0. The Labute approximate surface area is 124 Å². The SMILES string of the molecule is CC(NCc1ccc(-n2ccnc2)cc1)c1nccn1C. The van der Waals surface area contributed by atoms with Gasteiger partial charge in [0.1, 0.15) is 5.82 Å². The summed E-state index contributed by atoms with van der Waals surface area (Å²) in [6.45, 7) is 2.94. The fourth-order valence-electron chi connectivity index (χ4n) is 2.35. The summed E-state index contributed by atoms with van der Waals surface area (Å²) in [5.74, 6) is 1.05. The minimum Gasteiger partial charge on any atom is -0.337 e. The van der Waals surface area contributed by atoms with Crippen molar-refractivity contribution in [3.63, 3.8) is 0 Å². The van der Waals surface area contributed by atoms with Crippen LogP contribution in [-0.4, -0.2) is 19.1 Å². The molecule has 0 aliphatic carbocycles. The van der Waals surface area contributed by atoms with Gasteiger partial charge >= 0.3 is 0 Å². The van der Waals surface area contributed by atoms with Crippen molar-refractivity contribution in [2.24, 2.45) is 7.05 Å². The molecule has 0 aliphatic heterocycles. The molecule has 0 bridgehead atoms. The summed E-state index contributed by atoms with van der Waals surface area (Å²) in [5, 5.41) is 3.49. The summed E-state index contributed by atoms with van der Waals surface area (Å²) in [6, 6.07) is 8.69. The van der Waals surface area contributed by atoms with E-state index in [0.29, 0.717) is 0 Å². The van der Waals surface area contributed by atoms with E-state index >= 15 is 0 Å². The van der Waals surface area contributed by atoms with E-state index in [-0.39, 0.29) is 6.04 Å². The summed E-state index contributed by atoms with van der Waals surface area (Å²) in [5.41, 5.74) is 2.37. The van der Waals surface area contributed by atoms with Crippen LogP contribution in [0, 0.1) is 0 Å². The van der Waals surface area contributed by atoms with E-state index in [1.54, 1.807) is 12.5 Å². The molecule has 5 nitrogen and oxygen atoms in total. The van der Waals surface area contributed by atoms with Crippen molar-refractivity contribution in [1.29, 1.82) is 0 Å². The second kappa shape index (κ2) is 5.93. The zero-order valence-corrected chi connectivity index (χ0v) is 12.3. The Bertz CT molecular complexity index is 682. The van der Waals surface area contributed by atoms with E-state index in [1.807, 2.05) is 34.8 Å². The smallest absolute Gasteiger partial charge is 0.125 e. The molecule has 5 heteroatoms. The average molecular weight is 281 g/mol. The van der Waals surface area contributed by atoms with Crippen LogP contribution in [0.3, 0.4) is 0 Å². The van der Waals surface area contributed by atoms with Crippen molar-refractivity contribution in [3.8, 4) is 5.69 Å². The standard InChI is InChI=1S/C16H19N5/c1-13(16-18-8-9-20(16)2)19-11-14-3-5-15(6-4-14)21-10-7-17-12-21/h3-10,12-13,19H,11H2,1-2H3. The molecule has 21 heavy (non-hydrogen) atoms. The van der Waals surface area contributed by atoms with Gasteiger partial charge in [-0.15, -0.1) is 0 Å². The number of aryl methyl sites for hydroxylation is 1. The number of rotatable bonds is 5. The molecule has 1 unspecified atom stereocenters. The number of benzene rings is 1. The van der Waals surface area contributed by atoms with E-state index in [0.717, 1.165) is 18.1 Å². The highest BCUT2D eigenvalue weighted by molar-refractivity contribution is 5.34. The lowest BCUT2D eigenvalue weighted by Gasteiger charge is -2.14. The third-order valence-corrected chi connectivity index (χ3v) is 3.60. The van der Waals surface area contributed by atoms with E-state index < -0.39 is 0 Å². The number of nitrogens with zero attached hydrogens (tertiary/aromatic N) is 4. The van der Waals surface area contributed by atoms with Crippen LogP contribution in [-0.2, 0) is 13.6 Å². The lowest BCUT2D eigenvalue weighted by atomic mass is 10.2. The number of hydrogen-bond acceptors (Lipinski definition) is 3. The highest BCUT2D eigenvalue weighted by Crippen LogP contribution is 2.12. The van der Waals surface area contributed by atoms with Gasteiger partial charge in [-0.25, -0.2) is 9.97 Å². The summed E-state index contributed by atoms with van der Waals surface area (Å²) in [6.07, 6.45) is 9.32. The maximum absolute atomic E-state index is 4.37. The second-order valence-electron chi connectivity index (χ2n) is 5.14. The van der Waals surface area contributed by atoms with Crippen LogP contribution >= 0.6 is 0 Å². The maximum atomic E-state index is 4.37. The Morgan fingerprint density at radius 2 is 1.95 bits per heavy atom. The summed E-state index contributed by atoms with van der Waals surface area (Å²) < 4.78 is 4.04. The molecule has 0 spiro atoms. The van der Waals surface area contributed by atoms with Gasteiger partial charge in [0.05, 0.1) is 12.4 Å². The first-order chi connectivity index (χ1) is 10.2. The quantitative estimate of drug-likeness (QED) is 0.781. The predicted octanol–water partition coefficient (Wildman–Crippen LogP) is 2.46. The van der Waals surface area contributed by atoms with Crippen molar-refractivity contribution in [2.45, 2.75) is 19.5 Å². The molecule has 2 heterocycles. The molecule has 1 aromatic carbocycles. The molecule has 0 radical (unpaired) electrons. The lowest BCUT2D eigenvalue weighted by Crippen LogP contribution is -2.21. The molecular weight excluding hydrogens is 262 g/mol. The molecule has 0 fully saturated rings. The Hall–Kier alpha value is -2.40. The molecular formula is C16H19N5. The third-order valence-electron chi connectivity index (χ3n) is 3.60. The number of nitrogens with one attached hydrogen (secondary N) is 1. The molecule has 0 saturated carbocycles. The molecule has 1 N–H and O–H groups in total. The first kappa shape index (κ1) is 13.6. The van der Waals surface area contributed by atoms with Crippen LogP contribution in [0.1, 0.15) is 24.4 Å². The molecule has 1 atom stereocenters. The molecule has 2 aromatic heterocycles. The average Bonchev–Trinajstić information content (AvgIpc) is 3.16. The van der Waals surface area contributed by atoms with Gasteiger partial charge in [-0.3, -0.25) is 0 Å². The van der Waals surface area contributed by atoms with E-state index in [2.05, 4.69) is 46.5 Å². The number of imidazole rings is 2. The van der Waals surface area contributed by atoms with Crippen molar-refractivity contribution in [2.75, 3.05) is 0 Å². The first-order valence-corrected chi connectivity index (χ1v) is 7.02. The van der Waals surface area contributed by atoms with E-state index in [4.69, 9.17) is 0 Å². The van der Waals surface area contributed by atoms with Gasteiger partial charge in [0.15, 0.2) is 0 Å². The van der Waals surface area contributed by atoms with Gasteiger partial charge in [-0.1, -0.05) is 12.1 Å². The maximum Gasteiger partial charge on any atom is 0.125 e. The normalized spacial score (nSPS) is 12.5. The van der Waals surface area contributed by atoms with Crippen LogP contribution in [0.15, 0.2) is 55.4 Å². The Morgan fingerprint density at radius 1 is 1.14 bits per heavy atom.